The summed E-state index contributed by atoms with van der Waals surface area (Å²) in [4.78, 5) is 22.6. The Balaban J connectivity index is 2.55. The molecular weight excluding hydrogens is 323 g/mol. The molecule has 22 heavy (non-hydrogen) atoms. The molecular formula is C16H14Cl2N2O2. The molecule has 2 aromatic carbocycles. The van der Waals surface area contributed by atoms with Gasteiger partial charge in [-0.05, 0) is 29.8 Å². The summed E-state index contributed by atoms with van der Waals surface area (Å²) in [6, 6.07) is 10.4. The van der Waals surface area contributed by atoms with Gasteiger partial charge in [0.25, 0.3) is 0 Å². The predicted molar refractivity (Wildman–Crippen MR) is 90.5 cm³/mol. The van der Waals surface area contributed by atoms with Gasteiger partial charge in [0.05, 0.1) is 11.4 Å². The lowest BCUT2D eigenvalue weighted by atomic mass is 10.0. The fourth-order valence-corrected chi connectivity index (χ4v) is 2.68. The van der Waals surface area contributed by atoms with Crippen LogP contribution in [0.25, 0.3) is 11.1 Å². The molecule has 0 saturated carbocycles. The van der Waals surface area contributed by atoms with E-state index in [1.807, 2.05) is 0 Å². The summed E-state index contributed by atoms with van der Waals surface area (Å²) in [5.41, 5.74) is 2.41. The van der Waals surface area contributed by atoms with E-state index >= 15 is 0 Å². The van der Waals surface area contributed by atoms with Gasteiger partial charge in [-0.3, -0.25) is 9.59 Å². The number of amides is 2. The van der Waals surface area contributed by atoms with Crippen LogP contribution in [-0.2, 0) is 9.59 Å². The highest BCUT2D eigenvalue weighted by Crippen LogP contribution is 2.37. The monoisotopic (exact) mass is 336 g/mol. The van der Waals surface area contributed by atoms with Crippen molar-refractivity contribution in [2.75, 3.05) is 10.6 Å². The molecule has 0 aliphatic carbocycles. The molecule has 0 radical (unpaired) electrons. The number of rotatable bonds is 3. The lowest BCUT2D eigenvalue weighted by Crippen LogP contribution is -2.12. The maximum atomic E-state index is 11.4. The van der Waals surface area contributed by atoms with Crippen molar-refractivity contribution in [2.45, 2.75) is 13.8 Å². The minimum absolute atomic E-state index is 0.227. The van der Waals surface area contributed by atoms with Crippen molar-refractivity contribution in [3.8, 4) is 11.1 Å². The third kappa shape index (κ3) is 3.78. The van der Waals surface area contributed by atoms with Gasteiger partial charge in [-0.15, -0.1) is 0 Å². The number of benzene rings is 2. The molecule has 2 rings (SSSR count). The number of hydrogen-bond acceptors (Lipinski definition) is 2. The van der Waals surface area contributed by atoms with Crippen molar-refractivity contribution >= 4 is 46.4 Å². The van der Waals surface area contributed by atoms with Crippen molar-refractivity contribution in [1.82, 2.24) is 0 Å². The fourth-order valence-electron chi connectivity index (χ4n) is 2.07. The molecule has 0 atom stereocenters. The van der Waals surface area contributed by atoms with E-state index in [1.165, 1.54) is 13.8 Å². The Morgan fingerprint density at radius 2 is 1.41 bits per heavy atom. The van der Waals surface area contributed by atoms with Gasteiger partial charge in [0, 0.05) is 29.5 Å². The average molecular weight is 337 g/mol. The molecule has 0 aromatic heterocycles. The summed E-state index contributed by atoms with van der Waals surface area (Å²) in [5.74, 6) is -0.468. The molecule has 0 unspecified atom stereocenters. The lowest BCUT2D eigenvalue weighted by molar-refractivity contribution is -0.115. The highest BCUT2D eigenvalue weighted by molar-refractivity contribution is 6.39. The van der Waals surface area contributed by atoms with Crippen molar-refractivity contribution in [2.24, 2.45) is 0 Å². The highest BCUT2D eigenvalue weighted by atomic mass is 35.5. The molecule has 114 valence electrons. The maximum absolute atomic E-state index is 11.4. The van der Waals surface area contributed by atoms with E-state index in [1.54, 1.807) is 36.4 Å². The number of carbonyl (C=O) groups is 2. The summed E-state index contributed by atoms with van der Waals surface area (Å²) in [6.07, 6.45) is 0. The Morgan fingerprint density at radius 1 is 0.864 bits per heavy atom. The van der Waals surface area contributed by atoms with Crippen molar-refractivity contribution in [3.05, 3.63) is 46.4 Å². The van der Waals surface area contributed by atoms with Crippen LogP contribution >= 0.6 is 23.2 Å². The predicted octanol–water partition coefficient (Wildman–Crippen LogP) is 4.58. The van der Waals surface area contributed by atoms with Gasteiger partial charge in [0.1, 0.15) is 0 Å². The van der Waals surface area contributed by atoms with Crippen molar-refractivity contribution in [3.63, 3.8) is 0 Å². The third-order valence-corrected chi connectivity index (χ3v) is 3.52. The Morgan fingerprint density at radius 3 is 1.95 bits per heavy atom. The molecule has 0 spiro atoms. The second-order valence-electron chi connectivity index (χ2n) is 4.72. The first-order chi connectivity index (χ1) is 10.4. The topological polar surface area (TPSA) is 58.2 Å². The van der Waals surface area contributed by atoms with Crippen molar-refractivity contribution < 1.29 is 9.59 Å². The second kappa shape index (κ2) is 6.81. The Bertz CT molecular complexity index is 725. The third-order valence-electron chi connectivity index (χ3n) is 2.89. The largest absolute Gasteiger partial charge is 0.325 e. The summed E-state index contributed by atoms with van der Waals surface area (Å²) in [7, 11) is 0. The number of hydrogen-bond donors (Lipinski definition) is 2. The molecule has 0 saturated heterocycles. The Hall–Kier alpha value is -2.04. The molecule has 2 aromatic rings. The van der Waals surface area contributed by atoms with Crippen LogP contribution in [0, 0.1) is 0 Å². The second-order valence-corrected chi connectivity index (χ2v) is 5.53. The van der Waals surface area contributed by atoms with Gasteiger partial charge in [-0.1, -0.05) is 35.3 Å². The van der Waals surface area contributed by atoms with Crippen LogP contribution in [0.15, 0.2) is 36.4 Å². The molecule has 0 bridgehead atoms. The van der Waals surface area contributed by atoms with Crippen LogP contribution in [0.4, 0.5) is 11.4 Å². The molecule has 0 fully saturated rings. The first-order valence-electron chi connectivity index (χ1n) is 6.52. The molecule has 2 amide bonds. The molecule has 6 heteroatoms. The van der Waals surface area contributed by atoms with Gasteiger partial charge >= 0.3 is 0 Å². The zero-order valence-electron chi connectivity index (χ0n) is 12.0. The Kier molecular flexibility index (Phi) is 5.06. The van der Waals surface area contributed by atoms with E-state index < -0.39 is 0 Å². The number of anilines is 2. The quantitative estimate of drug-likeness (QED) is 0.861. The minimum Gasteiger partial charge on any atom is -0.325 e. The van der Waals surface area contributed by atoms with Gasteiger partial charge in [-0.2, -0.15) is 0 Å². The van der Waals surface area contributed by atoms with Gasteiger partial charge in [-0.25, -0.2) is 0 Å². The standard InChI is InChI=1S/C16H14Cl2N2O2/c1-9(21)19-14-7-6-11(8-15(14)20-10(2)22)16-12(17)4-3-5-13(16)18/h3-8H,1-2H3,(H,19,21)(H,20,22). The lowest BCUT2D eigenvalue weighted by Gasteiger charge is -2.14. The van der Waals surface area contributed by atoms with Crippen LogP contribution in [0.2, 0.25) is 10.0 Å². The number of carbonyl (C=O) groups excluding carboxylic acids is 2. The summed E-state index contributed by atoms with van der Waals surface area (Å²) in [6.45, 7) is 2.79. The molecule has 2 N–H and O–H groups in total. The van der Waals surface area contributed by atoms with Gasteiger partial charge in [0.2, 0.25) is 11.8 Å². The van der Waals surface area contributed by atoms with Crippen LogP contribution < -0.4 is 10.6 Å². The average Bonchev–Trinajstić information content (AvgIpc) is 2.40. The van der Waals surface area contributed by atoms with Crippen LogP contribution in [0.1, 0.15) is 13.8 Å². The normalized spacial score (nSPS) is 10.2. The van der Waals surface area contributed by atoms with Crippen LogP contribution in [0.5, 0.6) is 0 Å². The SMILES string of the molecule is CC(=O)Nc1ccc(-c2c(Cl)cccc2Cl)cc1NC(C)=O. The van der Waals surface area contributed by atoms with E-state index in [0.29, 0.717) is 27.0 Å². The molecule has 0 heterocycles. The zero-order valence-corrected chi connectivity index (χ0v) is 13.5. The molecule has 0 aliphatic heterocycles. The van der Waals surface area contributed by atoms with Crippen LogP contribution in [-0.4, -0.2) is 11.8 Å². The molecule has 4 nitrogen and oxygen atoms in total. The van der Waals surface area contributed by atoms with E-state index in [-0.39, 0.29) is 11.8 Å². The maximum Gasteiger partial charge on any atom is 0.221 e. The minimum atomic E-state index is -0.242. The van der Waals surface area contributed by atoms with E-state index in [9.17, 15) is 9.59 Å². The first-order valence-corrected chi connectivity index (χ1v) is 7.27. The number of halogens is 2. The zero-order chi connectivity index (χ0) is 16.3. The van der Waals surface area contributed by atoms with Crippen molar-refractivity contribution in [1.29, 1.82) is 0 Å². The highest BCUT2D eigenvalue weighted by Gasteiger charge is 2.12. The van der Waals surface area contributed by atoms with E-state index in [4.69, 9.17) is 23.2 Å². The van der Waals surface area contributed by atoms with Gasteiger partial charge in [0.15, 0.2) is 0 Å². The first kappa shape index (κ1) is 16.3. The van der Waals surface area contributed by atoms with E-state index in [2.05, 4.69) is 10.6 Å². The number of nitrogens with one attached hydrogen (secondary N) is 2. The summed E-state index contributed by atoms with van der Waals surface area (Å²) >= 11 is 12.4. The smallest absolute Gasteiger partial charge is 0.221 e. The molecule has 0 aliphatic rings. The van der Waals surface area contributed by atoms with Gasteiger partial charge < -0.3 is 10.6 Å². The summed E-state index contributed by atoms with van der Waals surface area (Å²) < 4.78 is 0. The van der Waals surface area contributed by atoms with E-state index in [0.717, 1.165) is 5.56 Å². The summed E-state index contributed by atoms with van der Waals surface area (Å²) in [5, 5.41) is 6.37. The fraction of sp³-hybridized carbons (Fsp3) is 0.125. The Labute approximate surface area is 138 Å². The van der Waals surface area contributed by atoms with Crippen LogP contribution in [0.3, 0.4) is 0 Å².